The lowest BCUT2D eigenvalue weighted by atomic mass is 9.55. The fourth-order valence-electron chi connectivity index (χ4n) is 3.76. The normalized spacial score (nSPS) is 29.4. The van der Waals surface area contributed by atoms with Gasteiger partial charge in [0.2, 0.25) is 0 Å². The fraction of sp³-hybridized carbons (Fsp3) is 1.00. The Kier molecular flexibility index (Phi) is 6.07. The van der Waals surface area contributed by atoms with Crippen molar-refractivity contribution in [2.24, 2.45) is 5.41 Å². The van der Waals surface area contributed by atoms with Crippen LogP contribution >= 0.6 is 0 Å². The van der Waals surface area contributed by atoms with Crippen LogP contribution in [0.25, 0.3) is 0 Å². The van der Waals surface area contributed by atoms with Gasteiger partial charge in [-0.15, -0.1) is 0 Å². The fourth-order valence-corrected chi connectivity index (χ4v) is 3.76. The third-order valence-electron chi connectivity index (χ3n) is 4.90. The van der Waals surface area contributed by atoms with Crippen molar-refractivity contribution in [2.45, 2.75) is 50.7 Å². The molecule has 0 saturated heterocycles. The van der Waals surface area contributed by atoms with Crippen LogP contribution in [0.5, 0.6) is 0 Å². The first kappa shape index (κ1) is 15.2. The summed E-state index contributed by atoms with van der Waals surface area (Å²) in [6.45, 7) is 2.72. The number of nitrogens with one attached hydrogen (secondary N) is 1. The molecule has 0 bridgehead atoms. The molecule has 0 amide bonds. The van der Waals surface area contributed by atoms with E-state index in [0.29, 0.717) is 44.0 Å². The molecule has 2 fully saturated rings. The number of rotatable bonds is 8. The van der Waals surface area contributed by atoms with Crippen LogP contribution in [0.3, 0.4) is 0 Å². The van der Waals surface area contributed by atoms with E-state index in [4.69, 9.17) is 14.2 Å². The number of methoxy groups -OCH3 is 1. The maximum absolute atomic E-state index is 6.08. The Morgan fingerprint density at radius 2 is 1.79 bits per heavy atom. The summed E-state index contributed by atoms with van der Waals surface area (Å²) in [7, 11) is 3.78. The zero-order valence-corrected chi connectivity index (χ0v) is 12.5. The second kappa shape index (κ2) is 7.58. The van der Waals surface area contributed by atoms with E-state index in [1.807, 2.05) is 0 Å². The van der Waals surface area contributed by atoms with Crippen molar-refractivity contribution < 1.29 is 14.2 Å². The Labute approximate surface area is 117 Å². The molecule has 0 aromatic carbocycles. The van der Waals surface area contributed by atoms with Crippen LogP contribution in [0.1, 0.15) is 38.5 Å². The predicted molar refractivity (Wildman–Crippen MR) is 75.4 cm³/mol. The summed E-state index contributed by atoms with van der Waals surface area (Å²) in [6.07, 6.45) is 8.38. The van der Waals surface area contributed by atoms with E-state index in [-0.39, 0.29) is 0 Å². The molecule has 2 aliphatic carbocycles. The van der Waals surface area contributed by atoms with E-state index in [1.165, 1.54) is 32.1 Å². The average molecular weight is 271 g/mol. The molecule has 112 valence electrons. The molecule has 2 unspecified atom stereocenters. The van der Waals surface area contributed by atoms with Gasteiger partial charge in [0, 0.05) is 18.6 Å². The lowest BCUT2D eigenvalue weighted by Crippen LogP contribution is -2.63. The quantitative estimate of drug-likeness (QED) is 0.685. The number of hydrogen-bond acceptors (Lipinski definition) is 4. The van der Waals surface area contributed by atoms with E-state index < -0.39 is 0 Å². The second-order valence-corrected chi connectivity index (χ2v) is 5.84. The molecule has 4 nitrogen and oxygen atoms in total. The van der Waals surface area contributed by atoms with Crippen LogP contribution in [0.4, 0.5) is 0 Å². The minimum absolute atomic E-state index is 0.416. The topological polar surface area (TPSA) is 39.7 Å². The van der Waals surface area contributed by atoms with Crippen molar-refractivity contribution >= 4 is 0 Å². The van der Waals surface area contributed by atoms with Crippen molar-refractivity contribution in [3.8, 4) is 0 Å². The molecule has 2 atom stereocenters. The van der Waals surface area contributed by atoms with Gasteiger partial charge in [0.25, 0.3) is 0 Å². The third-order valence-corrected chi connectivity index (χ3v) is 4.90. The van der Waals surface area contributed by atoms with Crippen molar-refractivity contribution in [1.29, 1.82) is 0 Å². The van der Waals surface area contributed by atoms with Gasteiger partial charge in [0.1, 0.15) is 0 Å². The Morgan fingerprint density at radius 1 is 1.05 bits per heavy atom. The molecule has 19 heavy (non-hydrogen) atoms. The van der Waals surface area contributed by atoms with Gasteiger partial charge in [-0.2, -0.15) is 0 Å². The van der Waals surface area contributed by atoms with Gasteiger partial charge < -0.3 is 19.5 Å². The van der Waals surface area contributed by atoms with Crippen LogP contribution in [0.15, 0.2) is 0 Å². The largest absolute Gasteiger partial charge is 0.382 e. The summed E-state index contributed by atoms with van der Waals surface area (Å²) in [5, 5.41) is 3.48. The molecule has 1 spiro atoms. The molecule has 2 rings (SSSR count). The highest BCUT2D eigenvalue weighted by Crippen LogP contribution is 2.53. The monoisotopic (exact) mass is 271 g/mol. The summed E-state index contributed by atoms with van der Waals surface area (Å²) in [5.41, 5.74) is 0.416. The van der Waals surface area contributed by atoms with Gasteiger partial charge >= 0.3 is 0 Å². The van der Waals surface area contributed by atoms with Crippen LogP contribution in [0, 0.1) is 5.41 Å². The second-order valence-electron chi connectivity index (χ2n) is 5.84. The first-order chi connectivity index (χ1) is 9.33. The maximum atomic E-state index is 6.08. The SMILES string of the molecule is CNC1CC(OCCOCCOC)C12CCCCC2. The zero-order chi connectivity index (χ0) is 13.6. The molecule has 2 aliphatic rings. The molecule has 2 saturated carbocycles. The zero-order valence-electron chi connectivity index (χ0n) is 12.5. The molecule has 0 aliphatic heterocycles. The first-order valence-corrected chi connectivity index (χ1v) is 7.69. The van der Waals surface area contributed by atoms with E-state index in [0.717, 1.165) is 6.42 Å². The Hall–Kier alpha value is -0.160. The number of hydrogen-bond donors (Lipinski definition) is 1. The first-order valence-electron chi connectivity index (χ1n) is 7.69. The summed E-state index contributed by atoms with van der Waals surface area (Å²) in [5.74, 6) is 0. The summed E-state index contributed by atoms with van der Waals surface area (Å²) >= 11 is 0. The lowest BCUT2D eigenvalue weighted by Gasteiger charge is -2.57. The van der Waals surface area contributed by atoms with Gasteiger partial charge in [-0.1, -0.05) is 19.3 Å². The van der Waals surface area contributed by atoms with Crippen molar-refractivity contribution in [1.82, 2.24) is 5.32 Å². The summed E-state index contributed by atoms with van der Waals surface area (Å²) in [6, 6.07) is 0.659. The molecule has 0 aromatic rings. The van der Waals surface area contributed by atoms with Crippen LogP contribution < -0.4 is 5.32 Å². The molecular formula is C15H29NO3. The average Bonchev–Trinajstić information content (AvgIpc) is 2.46. The minimum Gasteiger partial charge on any atom is -0.382 e. The molecular weight excluding hydrogens is 242 g/mol. The third kappa shape index (κ3) is 3.48. The predicted octanol–water partition coefficient (Wildman–Crippen LogP) is 1.98. The standard InChI is InChI=1S/C15H29NO3/c1-16-13-12-14(15(13)6-4-3-5-7-15)19-11-10-18-9-8-17-2/h13-14,16H,3-12H2,1-2H3. The molecule has 4 heteroatoms. The Balaban J connectivity index is 1.68. The molecule has 0 heterocycles. The smallest absolute Gasteiger partial charge is 0.0704 e. The Morgan fingerprint density at radius 3 is 2.47 bits per heavy atom. The minimum atomic E-state index is 0.416. The highest BCUT2D eigenvalue weighted by atomic mass is 16.5. The highest BCUT2D eigenvalue weighted by molar-refractivity contribution is 5.08. The van der Waals surface area contributed by atoms with Crippen LogP contribution in [-0.4, -0.2) is 52.7 Å². The van der Waals surface area contributed by atoms with E-state index in [9.17, 15) is 0 Å². The molecule has 0 radical (unpaired) electrons. The van der Waals surface area contributed by atoms with E-state index in [2.05, 4.69) is 12.4 Å². The summed E-state index contributed by atoms with van der Waals surface area (Å²) in [4.78, 5) is 0. The van der Waals surface area contributed by atoms with Gasteiger partial charge in [-0.3, -0.25) is 0 Å². The molecule has 1 N–H and O–H groups in total. The lowest BCUT2D eigenvalue weighted by molar-refractivity contribution is -0.158. The summed E-state index contributed by atoms with van der Waals surface area (Å²) < 4.78 is 16.5. The maximum Gasteiger partial charge on any atom is 0.0704 e. The van der Waals surface area contributed by atoms with Crippen molar-refractivity contribution in [2.75, 3.05) is 40.6 Å². The highest BCUT2D eigenvalue weighted by Gasteiger charge is 2.54. The Bertz CT molecular complexity index is 254. The molecule has 0 aromatic heterocycles. The van der Waals surface area contributed by atoms with E-state index >= 15 is 0 Å². The van der Waals surface area contributed by atoms with Gasteiger partial charge in [-0.05, 0) is 26.3 Å². The van der Waals surface area contributed by atoms with Crippen molar-refractivity contribution in [3.63, 3.8) is 0 Å². The van der Waals surface area contributed by atoms with Gasteiger partial charge in [0.05, 0.1) is 32.5 Å². The van der Waals surface area contributed by atoms with Crippen LogP contribution in [0.2, 0.25) is 0 Å². The van der Waals surface area contributed by atoms with Crippen molar-refractivity contribution in [3.05, 3.63) is 0 Å². The van der Waals surface area contributed by atoms with Crippen LogP contribution in [-0.2, 0) is 14.2 Å². The van der Waals surface area contributed by atoms with E-state index in [1.54, 1.807) is 7.11 Å². The van der Waals surface area contributed by atoms with Gasteiger partial charge in [0.15, 0.2) is 0 Å². The number of ether oxygens (including phenoxy) is 3. The van der Waals surface area contributed by atoms with Gasteiger partial charge in [-0.25, -0.2) is 0 Å².